The number of nitrogens with zero attached hydrogens (tertiary/aromatic N) is 1. The van der Waals surface area contributed by atoms with Gasteiger partial charge in [0.05, 0.1) is 10.0 Å². The smallest absolute Gasteiger partial charge is 0.196 e. The van der Waals surface area contributed by atoms with Gasteiger partial charge in [-0.1, -0.05) is 39.1 Å². The van der Waals surface area contributed by atoms with E-state index >= 15 is 0 Å². The van der Waals surface area contributed by atoms with E-state index in [0.29, 0.717) is 15.7 Å². The molecule has 0 saturated carbocycles. The molecule has 3 nitrogen and oxygen atoms in total. The molecule has 0 radical (unpaired) electrons. The Hall–Kier alpha value is 0.0300. The minimum Gasteiger partial charge on any atom is -0.354 e. The molecule has 94 valence electrons. The molecule has 1 heterocycles. The van der Waals surface area contributed by atoms with Crippen LogP contribution in [0.2, 0.25) is 10.0 Å². The standard InChI is InChI=1S/C10H10BrCl2N3.BrH/c11-5-6-3-7(12)9(8(13)4-6)16-10-14-1-2-15-10;/h3-4H,1-2,5H2,(H2,14,15,16);1H. The van der Waals surface area contributed by atoms with Gasteiger partial charge in [-0.25, -0.2) is 4.99 Å². The number of guanidine groups is 1. The van der Waals surface area contributed by atoms with E-state index in [1.165, 1.54) is 0 Å². The summed E-state index contributed by atoms with van der Waals surface area (Å²) in [5.74, 6) is 0.718. The molecule has 1 aromatic rings. The van der Waals surface area contributed by atoms with E-state index in [2.05, 4.69) is 31.6 Å². The Bertz CT molecular complexity index is 407. The average molecular weight is 404 g/mol. The van der Waals surface area contributed by atoms with Gasteiger partial charge in [-0.2, -0.15) is 0 Å². The van der Waals surface area contributed by atoms with Gasteiger partial charge >= 0.3 is 0 Å². The Labute approximate surface area is 129 Å². The monoisotopic (exact) mass is 401 g/mol. The van der Waals surface area contributed by atoms with E-state index in [1.807, 2.05) is 12.1 Å². The summed E-state index contributed by atoms with van der Waals surface area (Å²) >= 11 is 15.6. The van der Waals surface area contributed by atoms with Gasteiger partial charge in [-0.05, 0) is 17.7 Å². The van der Waals surface area contributed by atoms with Gasteiger partial charge in [-0.15, -0.1) is 17.0 Å². The molecule has 1 fully saturated rings. The summed E-state index contributed by atoms with van der Waals surface area (Å²) < 4.78 is 0. The molecule has 1 aromatic carbocycles. The number of benzene rings is 1. The van der Waals surface area contributed by atoms with Gasteiger partial charge in [0.1, 0.15) is 5.69 Å². The lowest BCUT2D eigenvalue weighted by Crippen LogP contribution is -2.23. The second-order valence-electron chi connectivity index (χ2n) is 3.36. The van der Waals surface area contributed by atoms with Crippen LogP contribution in [0.4, 0.5) is 5.69 Å². The van der Waals surface area contributed by atoms with Crippen LogP contribution in [-0.2, 0) is 5.33 Å². The number of nitrogens with one attached hydrogen (secondary N) is 2. The fraction of sp³-hybridized carbons (Fsp3) is 0.300. The van der Waals surface area contributed by atoms with Crippen LogP contribution in [0.3, 0.4) is 0 Å². The maximum absolute atomic E-state index is 6.12. The number of alkyl halides is 1. The molecule has 0 unspecified atom stereocenters. The molecule has 0 amide bonds. The highest BCUT2D eigenvalue weighted by atomic mass is 79.9. The minimum absolute atomic E-state index is 0. The summed E-state index contributed by atoms with van der Waals surface area (Å²) in [6, 6.07) is 3.72. The second-order valence-corrected chi connectivity index (χ2v) is 4.73. The SMILES string of the molecule is Br.Clc1cc(CBr)cc(Cl)c1N=C1NCCN1. The zero-order valence-electron chi connectivity index (χ0n) is 8.77. The van der Waals surface area contributed by atoms with Crippen LogP contribution in [0.15, 0.2) is 17.1 Å². The van der Waals surface area contributed by atoms with Crippen molar-refractivity contribution in [2.45, 2.75) is 5.33 Å². The van der Waals surface area contributed by atoms with Crippen molar-refractivity contribution in [3.63, 3.8) is 0 Å². The van der Waals surface area contributed by atoms with E-state index < -0.39 is 0 Å². The number of hydrogen-bond acceptors (Lipinski definition) is 1. The Morgan fingerprint density at radius 3 is 2.18 bits per heavy atom. The zero-order valence-corrected chi connectivity index (χ0v) is 13.6. The second kappa shape index (κ2) is 6.83. The first-order valence-corrected chi connectivity index (χ1v) is 6.69. The van der Waals surface area contributed by atoms with Crippen molar-refractivity contribution in [2.75, 3.05) is 13.1 Å². The molecule has 0 atom stereocenters. The Balaban J connectivity index is 0.00000144. The predicted octanol–water partition coefficient (Wildman–Crippen LogP) is 3.65. The third-order valence-electron chi connectivity index (χ3n) is 2.16. The zero-order chi connectivity index (χ0) is 11.5. The van der Waals surface area contributed by atoms with Crippen molar-refractivity contribution in [1.29, 1.82) is 0 Å². The van der Waals surface area contributed by atoms with E-state index in [4.69, 9.17) is 23.2 Å². The molecule has 17 heavy (non-hydrogen) atoms. The van der Waals surface area contributed by atoms with Gasteiger partial charge < -0.3 is 10.6 Å². The summed E-state index contributed by atoms with van der Waals surface area (Å²) in [7, 11) is 0. The molecular weight excluding hydrogens is 393 g/mol. The summed E-state index contributed by atoms with van der Waals surface area (Å²) in [6.45, 7) is 1.74. The molecule has 2 N–H and O–H groups in total. The number of hydrogen-bond donors (Lipinski definition) is 2. The first kappa shape index (κ1) is 15.1. The third kappa shape index (κ3) is 3.74. The molecule has 0 aliphatic carbocycles. The van der Waals surface area contributed by atoms with Crippen molar-refractivity contribution >= 4 is 67.8 Å². The maximum atomic E-state index is 6.12. The van der Waals surface area contributed by atoms with E-state index in [-0.39, 0.29) is 17.0 Å². The summed E-state index contributed by atoms with van der Waals surface area (Å²) in [6.07, 6.45) is 0. The van der Waals surface area contributed by atoms with Crippen LogP contribution in [0, 0.1) is 0 Å². The van der Waals surface area contributed by atoms with Gasteiger partial charge in [0, 0.05) is 18.4 Å². The van der Waals surface area contributed by atoms with Crippen LogP contribution in [0.25, 0.3) is 0 Å². The van der Waals surface area contributed by atoms with Gasteiger partial charge in [0.2, 0.25) is 0 Å². The predicted molar refractivity (Wildman–Crippen MR) is 82.5 cm³/mol. The van der Waals surface area contributed by atoms with Gasteiger partial charge in [0.25, 0.3) is 0 Å². The lowest BCUT2D eigenvalue weighted by atomic mass is 10.2. The molecule has 0 aromatic heterocycles. The van der Waals surface area contributed by atoms with Gasteiger partial charge in [0.15, 0.2) is 5.96 Å². The quantitative estimate of drug-likeness (QED) is 0.739. The van der Waals surface area contributed by atoms with Crippen molar-refractivity contribution in [1.82, 2.24) is 10.6 Å². The van der Waals surface area contributed by atoms with Crippen LogP contribution < -0.4 is 10.6 Å². The van der Waals surface area contributed by atoms with Crippen molar-refractivity contribution in [3.8, 4) is 0 Å². The molecule has 7 heteroatoms. The first-order chi connectivity index (χ1) is 7.70. The Morgan fingerprint density at radius 2 is 1.71 bits per heavy atom. The van der Waals surface area contributed by atoms with Crippen LogP contribution in [0.5, 0.6) is 0 Å². The fourth-order valence-electron chi connectivity index (χ4n) is 1.42. The lowest BCUT2D eigenvalue weighted by Gasteiger charge is -2.06. The average Bonchev–Trinajstić information content (AvgIpc) is 2.75. The molecule has 0 bridgehead atoms. The van der Waals surface area contributed by atoms with Crippen LogP contribution in [0.1, 0.15) is 5.56 Å². The minimum atomic E-state index is 0. The lowest BCUT2D eigenvalue weighted by molar-refractivity contribution is 0.942. The topological polar surface area (TPSA) is 36.4 Å². The van der Waals surface area contributed by atoms with Crippen molar-refractivity contribution in [2.24, 2.45) is 4.99 Å². The Kier molecular flexibility index (Phi) is 6.06. The Morgan fingerprint density at radius 1 is 1.18 bits per heavy atom. The van der Waals surface area contributed by atoms with E-state index in [1.54, 1.807) is 0 Å². The van der Waals surface area contributed by atoms with Crippen molar-refractivity contribution < 1.29 is 0 Å². The molecule has 1 aliphatic rings. The fourth-order valence-corrected chi connectivity index (χ4v) is 2.36. The molecule has 2 rings (SSSR count). The number of rotatable bonds is 2. The maximum Gasteiger partial charge on any atom is 0.196 e. The van der Waals surface area contributed by atoms with E-state index in [0.717, 1.165) is 29.9 Å². The molecule has 1 saturated heterocycles. The number of aliphatic imine (C=N–C) groups is 1. The van der Waals surface area contributed by atoms with Crippen LogP contribution in [-0.4, -0.2) is 19.0 Å². The first-order valence-electron chi connectivity index (χ1n) is 4.81. The highest BCUT2D eigenvalue weighted by Gasteiger charge is 2.11. The van der Waals surface area contributed by atoms with E-state index in [9.17, 15) is 0 Å². The van der Waals surface area contributed by atoms with Gasteiger partial charge in [-0.3, -0.25) is 0 Å². The number of halogens is 4. The highest BCUT2D eigenvalue weighted by molar-refractivity contribution is 9.08. The highest BCUT2D eigenvalue weighted by Crippen LogP contribution is 2.35. The largest absolute Gasteiger partial charge is 0.354 e. The normalized spacial score (nSPS) is 13.7. The van der Waals surface area contributed by atoms with Crippen LogP contribution >= 0.6 is 56.1 Å². The molecule has 0 spiro atoms. The summed E-state index contributed by atoms with van der Waals surface area (Å²) in [5.41, 5.74) is 1.64. The van der Waals surface area contributed by atoms with Crippen molar-refractivity contribution in [3.05, 3.63) is 27.7 Å². The summed E-state index contributed by atoms with van der Waals surface area (Å²) in [4.78, 5) is 4.35. The third-order valence-corrected chi connectivity index (χ3v) is 3.39. The summed E-state index contributed by atoms with van der Waals surface area (Å²) in [5, 5.41) is 8.04. The molecular formula is C10H11Br2Cl2N3. The molecule has 1 aliphatic heterocycles.